The monoisotopic (exact) mass is 415 g/mol. The topological polar surface area (TPSA) is 78.5 Å². The summed E-state index contributed by atoms with van der Waals surface area (Å²) in [5.74, 6) is -0.901. The van der Waals surface area contributed by atoms with Crippen LogP contribution >= 0.6 is 15.9 Å². The molecular weight excluding hydrogens is 398 g/mol. The van der Waals surface area contributed by atoms with Crippen molar-refractivity contribution in [3.8, 4) is 0 Å². The van der Waals surface area contributed by atoms with Crippen LogP contribution in [-0.4, -0.2) is 29.3 Å². The van der Waals surface area contributed by atoms with Gasteiger partial charge in [0.1, 0.15) is 12.1 Å². The van der Waals surface area contributed by atoms with Gasteiger partial charge in [-0.15, -0.1) is 0 Å². The number of rotatable bonds is 4. The fourth-order valence-electron chi connectivity index (χ4n) is 2.82. The van der Waals surface area contributed by atoms with E-state index in [2.05, 4.69) is 26.6 Å². The molecule has 1 fully saturated rings. The Morgan fingerprint density at radius 2 is 1.81 bits per heavy atom. The molecule has 0 saturated carbocycles. The number of nitrogens with zero attached hydrogens (tertiary/aromatic N) is 1. The number of nitrogens with one attached hydrogen (secondary N) is 2. The zero-order chi connectivity index (χ0) is 18.9. The Kier molecular flexibility index (Phi) is 4.82. The molecule has 2 aromatic rings. The molecule has 0 aliphatic carbocycles. The zero-order valence-corrected chi connectivity index (χ0v) is 16.0. The Hall–Kier alpha value is -2.67. The standard InChI is InChI=1S/C19H18BrN3O3/c1-12-7-9-13(10-8-12)19(2)17(25)23(18(26)22-19)11-16(24)21-15-6-4-3-5-14(15)20/h3-10H,11H2,1-2H3,(H,21,24)(H,22,26). The molecule has 3 rings (SSSR count). The van der Waals surface area contributed by atoms with Gasteiger partial charge in [-0.25, -0.2) is 4.79 Å². The number of imide groups is 1. The first-order valence-electron chi connectivity index (χ1n) is 8.07. The van der Waals surface area contributed by atoms with Gasteiger partial charge in [-0.05, 0) is 47.5 Å². The van der Waals surface area contributed by atoms with E-state index >= 15 is 0 Å². The van der Waals surface area contributed by atoms with E-state index < -0.39 is 23.4 Å². The molecule has 1 atom stereocenters. The first-order chi connectivity index (χ1) is 12.3. The van der Waals surface area contributed by atoms with Crippen molar-refractivity contribution >= 4 is 39.5 Å². The van der Waals surface area contributed by atoms with Gasteiger partial charge in [0.15, 0.2) is 0 Å². The van der Waals surface area contributed by atoms with E-state index in [9.17, 15) is 14.4 Å². The van der Waals surface area contributed by atoms with E-state index in [1.54, 1.807) is 37.3 Å². The minimum absolute atomic E-state index is 0.354. The van der Waals surface area contributed by atoms with Crippen LogP contribution in [0.5, 0.6) is 0 Å². The first kappa shape index (κ1) is 18.1. The van der Waals surface area contributed by atoms with E-state index in [1.165, 1.54) is 0 Å². The molecule has 134 valence electrons. The van der Waals surface area contributed by atoms with Crippen LogP contribution < -0.4 is 10.6 Å². The van der Waals surface area contributed by atoms with Crippen molar-refractivity contribution in [3.63, 3.8) is 0 Å². The third-order valence-corrected chi connectivity index (χ3v) is 5.05. The van der Waals surface area contributed by atoms with E-state index in [1.807, 2.05) is 25.1 Å². The number of carbonyl (C=O) groups excluding carboxylic acids is 3. The van der Waals surface area contributed by atoms with Crippen molar-refractivity contribution in [1.82, 2.24) is 10.2 Å². The molecule has 1 aliphatic rings. The van der Waals surface area contributed by atoms with Crippen LogP contribution in [0.3, 0.4) is 0 Å². The molecule has 26 heavy (non-hydrogen) atoms. The van der Waals surface area contributed by atoms with Crippen LogP contribution in [0.4, 0.5) is 10.5 Å². The number of amides is 4. The van der Waals surface area contributed by atoms with Crippen LogP contribution in [0.1, 0.15) is 18.1 Å². The lowest BCUT2D eigenvalue weighted by Crippen LogP contribution is -2.42. The van der Waals surface area contributed by atoms with Crippen LogP contribution in [-0.2, 0) is 15.1 Å². The molecular formula is C19H18BrN3O3. The minimum atomic E-state index is -1.18. The van der Waals surface area contributed by atoms with Crippen molar-refractivity contribution in [2.75, 3.05) is 11.9 Å². The lowest BCUT2D eigenvalue weighted by atomic mass is 9.91. The Bertz CT molecular complexity index is 882. The van der Waals surface area contributed by atoms with Crippen LogP contribution in [0.2, 0.25) is 0 Å². The van der Waals surface area contributed by atoms with Gasteiger partial charge in [0.05, 0.1) is 5.69 Å². The molecule has 2 aromatic carbocycles. The third kappa shape index (κ3) is 3.35. The number of urea groups is 1. The van der Waals surface area contributed by atoms with Crippen molar-refractivity contribution in [2.24, 2.45) is 0 Å². The highest BCUT2D eigenvalue weighted by atomic mass is 79.9. The zero-order valence-electron chi connectivity index (χ0n) is 14.4. The van der Waals surface area contributed by atoms with Crippen LogP contribution in [0.15, 0.2) is 53.0 Å². The normalized spacial score (nSPS) is 19.4. The summed E-state index contributed by atoms with van der Waals surface area (Å²) in [7, 11) is 0. The molecule has 1 aliphatic heterocycles. The molecule has 7 heteroatoms. The van der Waals surface area contributed by atoms with Crippen LogP contribution in [0.25, 0.3) is 0 Å². The summed E-state index contributed by atoms with van der Waals surface area (Å²) in [5, 5.41) is 5.39. The second kappa shape index (κ2) is 6.92. The second-order valence-corrected chi connectivity index (χ2v) is 7.19. The van der Waals surface area contributed by atoms with Gasteiger partial charge >= 0.3 is 6.03 Å². The molecule has 1 heterocycles. The predicted octanol–water partition coefficient (Wildman–Crippen LogP) is 3.16. The second-order valence-electron chi connectivity index (χ2n) is 6.34. The van der Waals surface area contributed by atoms with Crippen molar-refractivity contribution < 1.29 is 14.4 Å². The Morgan fingerprint density at radius 1 is 1.15 bits per heavy atom. The maximum Gasteiger partial charge on any atom is 0.325 e. The number of hydrogen-bond donors (Lipinski definition) is 2. The van der Waals surface area contributed by atoms with E-state index in [0.717, 1.165) is 14.9 Å². The molecule has 1 unspecified atom stereocenters. The third-order valence-electron chi connectivity index (χ3n) is 4.35. The molecule has 4 amide bonds. The van der Waals surface area contributed by atoms with Gasteiger partial charge in [0.2, 0.25) is 5.91 Å². The Balaban J connectivity index is 1.76. The number of halogens is 1. The molecule has 0 bridgehead atoms. The smallest absolute Gasteiger partial charge is 0.324 e. The SMILES string of the molecule is Cc1ccc(C2(C)NC(=O)N(CC(=O)Nc3ccccc3Br)C2=O)cc1. The van der Waals surface area contributed by atoms with Gasteiger partial charge in [-0.2, -0.15) is 0 Å². The predicted molar refractivity (Wildman–Crippen MR) is 102 cm³/mol. The number of para-hydroxylation sites is 1. The molecule has 2 N–H and O–H groups in total. The fraction of sp³-hybridized carbons (Fsp3) is 0.211. The average Bonchev–Trinajstić information content (AvgIpc) is 2.82. The highest BCUT2D eigenvalue weighted by Crippen LogP contribution is 2.29. The summed E-state index contributed by atoms with van der Waals surface area (Å²) >= 11 is 3.34. The van der Waals surface area contributed by atoms with Gasteiger partial charge in [0, 0.05) is 4.47 Å². The summed E-state index contributed by atoms with van der Waals surface area (Å²) in [4.78, 5) is 38.4. The summed E-state index contributed by atoms with van der Waals surface area (Å²) in [6, 6.07) is 13.9. The minimum Gasteiger partial charge on any atom is -0.324 e. The summed E-state index contributed by atoms with van der Waals surface area (Å²) < 4.78 is 0.718. The average molecular weight is 416 g/mol. The number of carbonyl (C=O) groups is 3. The molecule has 0 radical (unpaired) electrons. The van der Waals surface area contributed by atoms with E-state index in [-0.39, 0.29) is 6.54 Å². The van der Waals surface area contributed by atoms with Gasteiger partial charge in [-0.1, -0.05) is 42.0 Å². The largest absolute Gasteiger partial charge is 0.325 e. The van der Waals surface area contributed by atoms with Gasteiger partial charge in [-0.3, -0.25) is 14.5 Å². The Morgan fingerprint density at radius 3 is 2.46 bits per heavy atom. The van der Waals surface area contributed by atoms with Gasteiger partial charge < -0.3 is 10.6 Å². The molecule has 6 nitrogen and oxygen atoms in total. The quantitative estimate of drug-likeness (QED) is 0.752. The van der Waals surface area contributed by atoms with E-state index in [4.69, 9.17) is 0 Å². The number of benzene rings is 2. The maximum absolute atomic E-state index is 12.8. The fourth-order valence-corrected chi connectivity index (χ4v) is 3.20. The number of aryl methyl sites for hydroxylation is 1. The van der Waals surface area contributed by atoms with Crippen LogP contribution in [0, 0.1) is 6.92 Å². The lowest BCUT2D eigenvalue weighted by Gasteiger charge is -2.22. The van der Waals surface area contributed by atoms with Crippen molar-refractivity contribution in [3.05, 3.63) is 64.1 Å². The number of hydrogen-bond acceptors (Lipinski definition) is 3. The van der Waals surface area contributed by atoms with Crippen molar-refractivity contribution in [1.29, 1.82) is 0 Å². The summed E-state index contributed by atoms with van der Waals surface area (Å²) in [6.07, 6.45) is 0. The Labute approximate surface area is 159 Å². The first-order valence-corrected chi connectivity index (χ1v) is 8.86. The molecule has 1 saturated heterocycles. The van der Waals surface area contributed by atoms with Crippen molar-refractivity contribution in [2.45, 2.75) is 19.4 Å². The highest BCUT2D eigenvalue weighted by molar-refractivity contribution is 9.10. The number of anilines is 1. The lowest BCUT2D eigenvalue weighted by molar-refractivity contribution is -0.133. The van der Waals surface area contributed by atoms with E-state index in [0.29, 0.717) is 11.3 Å². The highest BCUT2D eigenvalue weighted by Gasteiger charge is 2.49. The molecule has 0 spiro atoms. The summed E-state index contributed by atoms with van der Waals surface area (Å²) in [5.41, 5.74) is 1.12. The molecule has 0 aromatic heterocycles. The maximum atomic E-state index is 12.8. The summed E-state index contributed by atoms with van der Waals surface area (Å²) in [6.45, 7) is 3.23. The van der Waals surface area contributed by atoms with Gasteiger partial charge in [0.25, 0.3) is 5.91 Å².